The van der Waals surface area contributed by atoms with Crippen LogP contribution < -0.4 is 0 Å². The zero-order chi connectivity index (χ0) is 12.8. The molecule has 3 nitrogen and oxygen atoms in total. The van der Waals surface area contributed by atoms with Gasteiger partial charge in [0.1, 0.15) is 0 Å². The molecule has 0 atom stereocenters. The molecule has 88 valence electrons. The molecule has 0 unspecified atom stereocenters. The van der Waals surface area contributed by atoms with Crippen molar-refractivity contribution in [3.05, 3.63) is 65.5 Å². The maximum absolute atomic E-state index is 11.4. The van der Waals surface area contributed by atoms with Gasteiger partial charge in [0.25, 0.3) is 0 Å². The van der Waals surface area contributed by atoms with Gasteiger partial charge in [0.05, 0.1) is 5.56 Å². The van der Waals surface area contributed by atoms with Crippen molar-refractivity contribution in [2.24, 2.45) is 0 Å². The molecule has 1 heterocycles. The number of hydrogen-bond donors (Lipinski definition) is 0. The Morgan fingerprint density at radius 2 is 1.94 bits per heavy atom. The van der Waals surface area contributed by atoms with E-state index in [4.69, 9.17) is 0 Å². The van der Waals surface area contributed by atoms with Crippen molar-refractivity contribution in [1.29, 1.82) is 0 Å². The molecule has 18 heavy (non-hydrogen) atoms. The van der Waals surface area contributed by atoms with Crippen LogP contribution in [-0.2, 0) is 3.07 Å². The molecule has 1 aromatic carbocycles. The molecule has 1 aromatic heterocycles. The van der Waals surface area contributed by atoms with E-state index in [0.29, 0.717) is 5.56 Å². The van der Waals surface area contributed by atoms with Crippen LogP contribution in [0, 0.1) is 11.8 Å². The van der Waals surface area contributed by atoms with Crippen LogP contribution in [0.1, 0.15) is 21.5 Å². The minimum absolute atomic E-state index is 0.374. The highest BCUT2D eigenvalue weighted by Crippen LogP contribution is 2.07. The molecule has 0 aliphatic carbocycles. The van der Waals surface area contributed by atoms with Crippen molar-refractivity contribution >= 4 is 29.0 Å². The molecular weight excluding hydrogens is 341 g/mol. The lowest BCUT2D eigenvalue weighted by molar-refractivity contribution is 0.0800. The molecule has 0 aliphatic rings. The number of hydrogen-bond acceptors (Lipinski definition) is 3. The Kier molecular flexibility index (Phi) is 4.31. The molecule has 0 radical (unpaired) electrons. The smallest absolute Gasteiger partial charge is 0.347 e. The van der Waals surface area contributed by atoms with Crippen LogP contribution in [0.2, 0.25) is 0 Å². The zero-order valence-electron chi connectivity index (χ0n) is 9.26. The lowest BCUT2D eigenvalue weighted by Crippen LogP contribution is -1.97. The van der Waals surface area contributed by atoms with E-state index in [0.717, 1.165) is 11.1 Å². The van der Waals surface area contributed by atoms with Gasteiger partial charge in [0, 0.05) is 23.5 Å². The van der Waals surface area contributed by atoms with Gasteiger partial charge in [0.15, 0.2) is 23.0 Å². The Labute approximate surface area is 119 Å². The lowest BCUT2D eigenvalue weighted by Gasteiger charge is -1.97. The lowest BCUT2D eigenvalue weighted by atomic mass is 10.1. The molecule has 0 saturated heterocycles. The molecule has 0 fully saturated rings. The summed E-state index contributed by atoms with van der Waals surface area (Å²) in [6.45, 7) is 0. The molecule has 4 heteroatoms. The summed E-state index contributed by atoms with van der Waals surface area (Å²) in [5, 5.41) is 0. The van der Waals surface area contributed by atoms with E-state index < -0.39 is 0 Å². The average Bonchev–Trinajstić information content (AvgIpc) is 2.45. The second-order valence-electron chi connectivity index (χ2n) is 3.44. The Hall–Kier alpha value is -1.87. The van der Waals surface area contributed by atoms with E-state index in [1.807, 2.05) is 18.2 Å². The highest BCUT2D eigenvalue weighted by molar-refractivity contribution is 14.1. The van der Waals surface area contributed by atoms with Crippen LogP contribution in [0.5, 0.6) is 0 Å². The molecule has 0 N–H and O–H groups in total. The Morgan fingerprint density at radius 3 is 2.67 bits per heavy atom. The Morgan fingerprint density at radius 1 is 1.17 bits per heavy atom. The summed E-state index contributed by atoms with van der Waals surface area (Å²) in [5.41, 5.74) is 2.08. The predicted molar refractivity (Wildman–Crippen MR) is 76.1 cm³/mol. The molecule has 0 bridgehead atoms. The summed E-state index contributed by atoms with van der Waals surface area (Å²) in [4.78, 5) is 15.3. The zero-order valence-corrected chi connectivity index (χ0v) is 11.4. The van der Waals surface area contributed by atoms with Crippen molar-refractivity contribution in [3.63, 3.8) is 0 Å². The molecular formula is C14H8INO2. The van der Waals surface area contributed by atoms with E-state index in [1.165, 1.54) is 0 Å². The SMILES string of the molecule is O=C(OI)c1cccc(C#Cc2cccnc2)c1. The number of nitrogens with zero attached hydrogens (tertiary/aromatic N) is 1. The second kappa shape index (κ2) is 6.17. The average molecular weight is 349 g/mol. The van der Waals surface area contributed by atoms with E-state index in [1.54, 1.807) is 53.6 Å². The topological polar surface area (TPSA) is 39.2 Å². The van der Waals surface area contributed by atoms with Crippen LogP contribution in [-0.4, -0.2) is 11.0 Å². The third-order valence-electron chi connectivity index (χ3n) is 2.18. The number of benzene rings is 1. The monoisotopic (exact) mass is 349 g/mol. The van der Waals surface area contributed by atoms with Crippen molar-refractivity contribution in [2.45, 2.75) is 0 Å². The molecule has 0 spiro atoms. The van der Waals surface area contributed by atoms with E-state index in [9.17, 15) is 4.79 Å². The quantitative estimate of drug-likeness (QED) is 0.587. The summed E-state index contributed by atoms with van der Waals surface area (Å²) in [5.74, 6) is 5.58. The predicted octanol–water partition coefficient (Wildman–Crippen LogP) is 2.99. The minimum atomic E-state index is -0.374. The minimum Gasteiger partial charge on any atom is -0.391 e. The van der Waals surface area contributed by atoms with Gasteiger partial charge in [-0.05, 0) is 30.3 Å². The van der Waals surface area contributed by atoms with Gasteiger partial charge in [-0.15, -0.1) is 0 Å². The highest BCUT2D eigenvalue weighted by atomic mass is 127. The van der Waals surface area contributed by atoms with Gasteiger partial charge in [-0.2, -0.15) is 0 Å². The van der Waals surface area contributed by atoms with Crippen molar-refractivity contribution in [3.8, 4) is 11.8 Å². The summed E-state index contributed by atoms with van der Waals surface area (Å²) in [6, 6.07) is 10.7. The third kappa shape index (κ3) is 3.31. The van der Waals surface area contributed by atoms with Gasteiger partial charge in [0.2, 0.25) is 0 Å². The molecule has 0 aliphatic heterocycles. The highest BCUT2D eigenvalue weighted by Gasteiger charge is 2.05. The Bertz CT molecular complexity index is 614. The maximum Gasteiger partial charge on any atom is 0.347 e. The summed E-state index contributed by atoms with van der Waals surface area (Å²) in [7, 11) is 0. The first-order valence-electron chi connectivity index (χ1n) is 5.14. The fourth-order valence-electron chi connectivity index (χ4n) is 1.35. The number of aromatic nitrogens is 1. The van der Waals surface area contributed by atoms with Crippen LogP contribution >= 0.6 is 23.0 Å². The van der Waals surface area contributed by atoms with E-state index >= 15 is 0 Å². The first-order chi connectivity index (χ1) is 8.79. The fourth-order valence-corrected chi connectivity index (χ4v) is 1.60. The molecule has 2 aromatic rings. The summed E-state index contributed by atoms with van der Waals surface area (Å²) in [6.07, 6.45) is 3.39. The first kappa shape index (κ1) is 12.6. The molecule has 2 rings (SSSR count). The maximum atomic E-state index is 11.4. The normalized spacial score (nSPS) is 9.17. The van der Waals surface area contributed by atoms with Crippen LogP contribution in [0.15, 0.2) is 48.8 Å². The number of pyridine rings is 1. The van der Waals surface area contributed by atoms with Crippen molar-refractivity contribution in [2.75, 3.05) is 0 Å². The number of carbonyl (C=O) groups excluding carboxylic acids is 1. The third-order valence-corrected chi connectivity index (χ3v) is 2.58. The van der Waals surface area contributed by atoms with Gasteiger partial charge < -0.3 is 3.07 Å². The van der Waals surface area contributed by atoms with Gasteiger partial charge in [-0.25, -0.2) is 4.79 Å². The Balaban J connectivity index is 2.25. The van der Waals surface area contributed by atoms with E-state index in [2.05, 4.69) is 19.9 Å². The molecule has 0 amide bonds. The van der Waals surface area contributed by atoms with Crippen molar-refractivity contribution in [1.82, 2.24) is 4.98 Å². The number of halogens is 1. The van der Waals surface area contributed by atoms with Gasteiger partial charge in [-0.1, -0.05) is 17.9 Å². The van der Waals surface area contributed by atoms with Crippen LogP contribution in [0.3, 0.4) is 0 Å². The second-order valence-corrected chi connectivity index (χ2v) is 3.88. The van der Waals surface area contributed by atoms with E-state index in [-0.39, 0.29) is 5.97 Å². The molecule has 0 saturated carbocycles. The largest absolute Gasteiger partial charge is 0.391 e. The summed E-state index contributed by atoms with van der Waals surface area (Å²) < 4.78 is 4.63. The van der Waals surface area contributed by atoms with Crippen LogP contribution in [0.4, 0.5) is 0 Å². The number of carbonyl (C=O) groups is 1. The van der Waals surface area contributed by atoms with Crippen LogP contribution in [0.25, 0.3) is 0 Å². The first-order valence-corrected chi connectivity index (χ1v) is 6.03. The summed E-state index contributed by atoms with van der Waals surface area (Å²) >= 11 is 1.57. The van der Waals surface area contributed by atoms with Crippen molar-refractivity contribution < 1.29 is 7.86 Å². The standard InChI is InChI=1S/C14H8INO2/c15-18-14(17)13-5-1-3-11(9-13)6-7-12-4-2-8-16-10-12/h1-5,8-10H. The van der Waals surface area contributed by atoms with Gasteiger partial charge in [-0.3, -0.25) is 4.98 Å². The fraction of sp³-hybridized carbons (Fsp3) is 0. The van der Waals surface area contributed by atoms with Gasteiger partial charge >= 0.3 is 5.97 Å². The number of rotatable bonds is 1.